The van der Waals surface area contributed by atoms with Crippen LogP contribution < -0.4 is 10.6 Å². The zero-order valence-electron chi connectivity index (χ0n) is 22.0. The van der Waals surface area contributed by atoms with Crippen molar-refractivity contribution in [2.75, 3.05) is 38.0 Å². The monoisotopic (exact) mass is 520 g/mol. The molecule has 0 radical (unpaired) electrons. The number of rotatable bonds is 14. The first-order valence-electron chi connectivity index (χ1n) is 12.9. The number of carbonyl (C=O) groups excluding carboxylic acids is 2. The molecule has 37 heavy (non-hydrogen) atoms. The van der Waals surface area contributed by atoms with Gasteiger partial charge in [0.1, 0.15) is 0 Å². The van der Waals surface area contributed by atoms with Crippen molar-refractivity contribution < 1.29 is 22.8 Å². The van der Waals surface area contributed by atoms with Crippen LogP contribution in [0.15, 0.2) is 54.6 Å². The summed E-state index contributed by atoms with van der Waals surface area (Å²) in [5, 5.41) is 5.66. The van der Waals surface area contributed by atoms with Gasteiger partial charge in [-0.05, 0) is 75.6 Å². The maximum Gasteiger partial charge on any atom is 0.416 e. The largest absolute Gasteiger partial charge is 0.416 e. The second kappa shape index (κ2) is 15.2. The second-order valence-electron chi connectivity index (χ2n) is 9.12. The Morgan fingerprint density at radius 3 is 2.16 bits per heavy atom. The van der Waals surface area contributed by atoms with E-state index in [1.807, 2.05) is 37.3 Å². The Morgan fingerprint density at radius 2 is 1.57 bits per heavy atom. The van der Waals surface area contributed by atoms with E-state index in [0.29, 0.717) is 13.0 Å². The summed E-state index contributed by atoms with van der Waals surface area (Å²) in [4.78, 5) is 29.4. The van der Waals surface area contributed by atoms with E-state index < -0.39 is 17.8 Å². The average molecular weight is 521 g/mol. The third-order valence-corrected chi connectivity index (χ3v) is 6.29. The van der Waals surface area contributed by atoms with E-state index in [1.165, 1.54) is 17.0 Å². The van der Waals surface area contributed by atoms with Gasteiger partial charge in [-0.3, -0.25) is 4.79 Å². The molecule has 204 valence electrons. The summed E-state index contributed by atoms with van der Waals surface area (Å²) in [5.41, 5.74) is 0.518. The Labute approximate surface area is 218 Å². The highest BCUT2D eigenvalue weighted by atomic mass is 19.4. The predicted octanol–water partition coefficient (Wildman–Crippen LogP) is 5.80. The van der Waals surface area contributed by atoms with Crippen LogP contribution in [0.3, 0.4) is 0 Å². The number of benzene rings is 2. The fourth-order valence-corrected chi connectivity index (χ4v) is 3.99. The Hall–Kier alpha value is -3.07. The van der Waals surface area contributed by atoms with E-state index in [2.05, 4.69) is 29.4 Å². The van der Waals surface area contributed by atoms with Gasteiger partial charge in [0.25, 0.3) is 0 Å². The molecule has 3 amide bonds. The average Bonchev–Trinajstić information content (AvgIpc) is 2.87. The summed E-state index contributed by atoms with van der Waals surface area (Å²) >= 11 is 0. The lowest BCUT2D eigenvalue weighted by atomic mass is 10.1. The maximum absolute atomic E-state index is 13.0. The molecule has 0 bridgehead atoms. The van der Waals surface area contributed by atoms with E-state index >= 15 is 0 Å². The van der Waals surface area contributed by atoms with Gasteiger partial charge in [0.05, 0.1) is 5.56 Å². The first-order valence-corrected chi connectivity index (χ1v) is 12.9. The van der Waals surface area contributed by atoms with Crippen molar-refractivity contribution in [2.45, 2.75) is 58.7 Å². The molecule has 0 aliphatic heterocycles. The predicted molar refractivity (Wildman–Crippen MR) is 141 cm³/mol. The van der Waals surface area contributed by atoms with Crippen molar-refractivity contribution in [1.82, 2.24) is 15.1 Å². The number of hydrogen-bond donors (Lipinski definition) is 2. The number of nitrogens with one attached hydrogen (secondary N) is 2. The van der Waals surface area contributed by atoms with E-state index in [1.54, 1.807) is 0 Å². The van der Waals surface area contributed by atoms with Gasteiger partial charge in [-0.2, -0.15) is 13.2 Å². The highest BCUT2D eigenvalue weighted by Crippen LogP contribution is 2.29. The van der Waals surface area contributed by atoms with Gasteiger partial charge in [0, 0.05) is 31.2 Å². The smallest absolute Gasteiger partial charge is 0.354 e. The molecule has 2 N–H and O–H groups in total. The van der Waals surface area contributed by atoms with Gasteiger partial charge in [0.2, 0.25) is 5.91 Å². The van der Waals surface area contributed by atoms with Crippen molar-refractivity contribution in [3.8, 4) is 0 Å². The first-order chi connectivity index (χ1) is 17.6. The van der Waals surface area contributed by atoms with E-state index in [4.69, 9.17) is 0 Å². The SMILES string of the molecule is CCN(CC)CCCC(C)NC(=O)CCN(CCc1ccccc1)C(=O)Nc1ccc(C(F)(F)F)cc1. The standard InChI is InChI=1S/C28H39F3N4O2/c1-4-34(5-2)19-9-10-22(3)32-26(36)18-21-35(20-17-23-11-7-6-8-12-23)27(37)33-25-15-13-24(14-16-25)28(29,30)31/h6-8,11-16,22H,4-5,9-10,17-21H2,1-3H3,(H,32,36)(H,33,37). The fourth-order valence-electron chi connectivity index (χ4n) is 3.99. The molecule has 2 aromatic carbocycles. The zero-order chi connectivity index (χ0) is 27.3. The lowest BCUT2D eigenvalue weighted by Gasteiger charge is -2.24. The molecule has 0 fully saturated rings. The normalized spacial score (nSPS) is 12.3. The third kappa shape index (κ3) is 11.2. The first kappa shape index (κ1) is 30.2. The molecular weight excluding hydrogens is 481 g/mol. The van der Waals surface area contributed by atoms with Gasteiger partial charge in [0.15, 0.2) is 0 Å². The Morgan fingerprint density at radius 1 is 0.919 bits per heavy atom. The van der Waals surface area contributed by atoms with Crippen LogP contribution in [0.2, 0.25) is 0 Å². The quantitative estimate of drug-likeness (QED) is 0.331. The zero-order valence-corrected chi connectivity index (χ0v) is 22.0. The molecule has 0 aliphatic carbocycles. The van der Waals surface area contributed by atoms with Crippen LogP contribution in [0.4, 0.5) is 23.7 Å². The van der Waals surface area contributed by atoms with Crippen LogP contribution >= 0.6 is 0 Å². The van der Waals surface area contributed by atoms with Crippen LogP contribution in [-0.4, -0.2) is 60.5 Å². The molecule has 0 heterocycles. The van der Waals surface area contributed by atoms with E-state index in [0.717, 1.165) is 50.2 Å². The minimum Gasteiger partial charge on any atom is -0.354 e. The number of hydrogen-bond acceptors (Lipinski definition) is 3. The molecule has 0 aromatic heterocycles. The lowest BCUT2D eigenvalue weighted by molar-refractivity contribution is -0.137. The molecule has 6 nitrogen and oxygen atoms in total. The van der Waals surface area contributed by atoms with Crippen molar-refractivity contribution in [2.24, 2.45) is 0 Å². The number of halogens is 3. The molecule has 0 spiro atoms. The van der Waals surface area contributed by atoms with Gasteiger partial charge in [-0.1, -0.05) is 44.2 Å². The molecule has 0 saturated heterocycles. The van der Waals surface area contributed by atoms with Crippen LogP contribution in [0.25, 0.3) is 0 Å². The molecule has 9 heteroatoms. The topological polar surface area (TPSA) is 64.7 Å². The van der Waals surface area contributed by atoms with Gasteiger partial charge in [-0.15, -0.1) is 0 Å². The number of carbonyl (C=O) groups is 2. The summed E-state index contributed by atoms with van der Waals surface area (Å²) in [6.45, 7) is 9.79. The number of urea groups is 1. The number of nitrogens with zero attached hydrogens (tertiary/aromatic N) is 2. The number of anilines is 1. The van der Waals surface area contributed by atoms with Crippen molar-refractivity contribution >= 4 is 17.6 Å². The summed E-state index contributed by atoms with van der Waals surface area (Å²) < 4.78 is 38.5. The minimum atomic E-state index is -4.44. The van der Waals surface area contributed by atoms with Gasteiger partial charge < -0.3 is 20.4 Å². The lowest BCUT2D eigenvalue weighted by Crippen LogP contribution is -2.40. The summed E-state index contributed by atoms with van der Waals surface area (Å²) in [6, 6.07) is 13.5. The van der Waals surface area contributed by atoms with Gasteiger partial charge >= 0.3 is 12.2 Å². The molecule has 1 atom stereocenters. The summed E-state index contributed by atoms with van der Waals surface area (Å²) in [6.07, 6.45) is -1.86. The fraction of sp³-hybridized carbons (Fsp3) is 0.500. The molecule has 2 aromatic rings. The van der Waals surface area contributed by atoms with E-state index in [9.17, 15) is 22.8 Å². The highest BCUT2D eigenvalue weighted by molar-refractivity contribution is 5.89. The summed E-state index contributed by atoms with van der Waals surface area (Å²) in [5.74, 6) is -0.137. The Kier molecular flexibility index (Phi) is 12.4. The van der Waals surface area contributed by atoms with Crippen LogP contribution in [0.5, 0.6) is 0 Å². The molecule has 0 aliphatic rings. The van der Waals surface area contributed by atoms with Crippen molar-refractivity contribution in [1.29, 1.82) is 0 Å². The Balaban J connectivity index is 1.93. The second-order valence-corrected chi connectivity index (χ2v) is 9.12. The third-order valence-electron chi connectivity index (χ3n) is 6.29. The van der Waals surface area contributed by atoms with Crippen molar-refractivity contribution in [3.05, 3.63) is 65.7 Å². The van der Waals surface area contributed by atoms with Crippen LogP contribution in [-0.2, 0) is 17.4 Å². The number of amides is 3. The van der Waals surface area contributed by atoms with Crippen LogP contribution in [0, 0.1) is 0 Å². The summed E-state index contributed by atoms with van der Waals surface area (Å²) in [7, 11) is 0. The molecule has 2 rings (SSSR count). The maximum atomic E-state index is 13.0. The molecule has 1 unspecified atom stereocenters. The highest BCUT2D eigenvalue weighted by Gasteiger charge is 2.30. The minimum absolute atomic E-state index is 0.0294. The number of alkyl halides is 3. The van der Waals surface area contributed by atoms with E-state index in [-0.39, 0.29) is 30.6 Å². The molecule has 0 saturated carbocycles. The molecular formula is C28H39F3N4O2. The van der Waals surface area contributed by atoms with Gasteiger partial charge in [-0.25, -0.2) is 4.79 Å². The van der Waals surface area contributed by atoms with Crippen molar-refractivity contribution in [3.63, 3.8) is 0 Å². The Bertz CT molecular complexity index is 948. The van der Waals surface area contributed by atoms with Crippen LogP contribution in [0.1, 0.15) is 51.2 Å².